The molecule has 0 radical (unpaired) electrons. The second-order valence-electron chi connectivity index (χ2n) is 4.23. The van der Waals surface area contributed by atoms with E-state index in [9.17, 15) is 0 Å². The normalized spacial score (nSPS) is 10.8. The summed E-state index contributed by atoms with van der Waals surface area (Å²) < 4.78 is 0.853. The van der Waals surface area contributed by atoms with Crippen LogP contribution >= 0.6 is 34.5 Å². The van der Waals surface area contributed by atoms with Crippen molar-refractivity contribution < 1.29 is 0 Å². The zero-order valence-electron chi connectivity index (χ0n) is 10.2. The van der Waals surface area contributed by atoms with Gasteiger partial charge in [-0.3, -0.25) is 0 Å². The van der Waals surface area contributed by atoms with Crippen molar-refractivity contribution in [1.29, 1.82) is 0 Å². The largest absolute Gasteiger partial charge is 0.312 e. The summed E-state index contributed by atoms with van der Waals surface area (Å²) in [5.41, 5.74) is 2.34. The van der Waals surface area contributed by atoms with Crippen molar-refractivity contribution in [2.45, 2.75) is 19.9 Å². The predicted molar refractivity (Wildman–Crippen MR) is 80.9 cm³/mol. The van der Waals surface area contributed by atoms with Gasteiger partial charge in [0.2, 0.25) is 0 Å². The highest BCUT2D eigenvalue weighted by Gasteiger charge is 2.01. The van der Waals surface area contributed by atoms with Gasteiger partial charge < -0.3 is 5.32 Å². The van der Waals surface area contributed by atoms with E-state index in [1.165, 1.54) is 10.4 Å². The van der Waals surface area contributed by atoms with Crippen LogP contribution in [0.2, 0.25) is 9.36 Å². The number of hydrogen-bond acceptors (Lipinski definition) is 2. The molecule has 2 aromatic rings. The number of nitrogens with one attached hydrogen (secondary N) is 1. The van der Waals surface area contributed by atoms with E-state index >= 15 is 0 Å². The third-order valence-electron chi connectivity index (χ3n) is 2.70. The number of hydrogen-bond donors (Lipinski definition) is 1. The van der Waals surface area contributed by atoms with Crippen LogP contribution in [-0.2, 0) is 13.0 Å². The Kier molecular flexibility index (Phi) is 5.07. The molecule has 4 heteroatoms. The first-order valence-electron chi connectivity index (χ1n) is 5.85. The Morgan fingerprint density at radius 2 is 2.00 bits per heavy atom. The molecule has 0 amide bonds. The number of halogens is 2. The topological polar surface area (TPSA) is 12.0 Å². The van der Waals surface area contributed by atoms with Gasteiger partial charge in [-0.15, -0.1) is 11.3 Å². The number of aryl methyl sites for hydroxylation is 1. The molecule has 1 aromatic carbocycles. The maximum absolute atomic E-state index is 6.17. The molecule has 0 aliphatic heterocycles. The Balaban J connectivity index is 1.78. The molecule has 96 valence electrons. The van der Waals surface area contributed by atoms with E-state index in [0.717, 1.165) is 34.4 Å². The third-order valence-corrected chi connectivity index (χ3v) is 4.34. The van der Waals surface area contributed by atoms with Crippen LogP contribution in [0.4, 0.5) is 0 Å². The molecule has 1 aromatic heterocycles. The Hall–Kier alpha value is -0.540. The van der Waals surface area contributed by atoms with E-state index in [-0.39, 0.29) is 0 Å². The zero-order chi connectivity index (χ0) is 13.0. The first-order valence-corrected chi connectivity index (χ1v) is 7.42. The van der Waals surface area contributed by atoms with Gasteiger partial charge in [-0.1, -0.05) is 35.3 Å². The van der Waals surface area contributed by atoms with Gasteiger partial charge in [0.1, 0.15) is 0 Å². The maximum Gasteiger partial charge on any atom is 0.0931 e. The van der Waals surface area contributed by atoms with Crippen molar-refractivity contribution in [3.8, 4) is 0 Å². The molecule has 0 aliphatic carbocycles. The second-order valence-corrected chi connectivity index (χ2v) is 6.43. The second kappa shape index (κ2) is 6.58. The summed E-state index contributed by atoms with van der Waals surface area (Å²) in [6, 6.07) is 10.2. The molecule has 0 spiro atoms. The van der Waals surface area contributed by atoms with Gasteiger partial charge in [0.15, 0.2) is 0 Å². The molecule has 0 saturated heterocycles. The Bertz CT molecular complexity index is 522. The predicted octanol–water partition coefficient (Wildman–Crippen LogP) is 4.70. The van der Waals surface area contributed by atoms with Gasteiger partial charge in [0, 0.05) is 23.0 Å². The van der Waals surface area contributed by atoms with Crippen LogP contribution in [0.3, 0.4) is 0 Å². The van der Waals surface area contributed by atoms with E-state index in [4.69, 9.17) is 23.2 Å². The fourth-order valence-corrected chi connectivity index (χ4v) is 3.11. The summed E-state index contributed by atoms with van der Waals surface area (Å²) in [5, 5.41) is 4.23. The number of benzene rings is 1. The van der Waals surface area contributed by atoms with Crippen molar-refractivity contribution in [3.05, 3.63) is 55.7 Å². The van der Waals surface area contributed by atoms with Gasteiger partial charge in [-0.05, 0) is 42.7 Å². The highest BCUT2D eigenvalue weighted by Crippen LogP contribution is 2.21. The minimum atomic E-state index is 0.804. The average Bonchev–Trinajstić information content (AvgIpc) is 2.73. The van der Waals surface area contributed by atoms with Crippen molar-refractivity contribution in [2.75, 3.05) is 6.54 Å². The maximum atomic E-state index is 6.17. The summed E-state index contributed by atoms with van der Waals surface area (Å²) >= 11 is 13.7. The molecule has 1 heterocycles. The lowest BCUT2D eigenvalue weighted by Gasteiger charge is -2.06. The minimum Gasteiger partial charge on any atom is -0.312 e. The van der Waals surface area contributed by atoms with E-state index < -0.39 is 0 Å². The molecule has 1 N–H and O–H groups in total. The fourth-order valence-electron chi connectivity index (χ4n) is 1.72. The molecule has 0 atom stereocenters. The van der Waals surface area contributed by atoms with Crippen molar-refractivity contribution >= 4 is 34.5 Å². The summed E-state index contributed by atoms with van der Waals surface area (Å²) in [6.45, 7) is 3.78. The van der Waals surface area contributed by atoms with Crippen molar-refractivity contribution in [3.63, 3.8) is 0 Å². The molecule has 18 heavy (non-hydrogen) atoms. The summed E-state index contributed by atoms with van der Waals surface area (Å²) in [4.78, 5) is 1.31. The van der Waals surface area contributed by atoms with E-state index in [0.29, 0.717) is 0 Å². The van der Waals surface area contributed by atoms with Crippen LogP contribution in [0.5, 0.6) is 0 Å². The quantitative estimate of drug-likeness (QED) is 0.790. The van der Waals surface area contributed by atoms with Gasteiger partial charge in [0.25, 0.3) is 0 Å². The van der Waals surface area contributed by atoms with E-state index in [1.54, 1.807) is 11.3 Å². The lowest BCUT2D eigenvalue weighted by molar-refractivity contribution is 0.690. The summed E-state index contributed by atoms with van der Waals surface area (Å²) in [5.74, 6) is 0. The first-order chi connectivity index (χ1) is 8.65. The third kappa shape index (κ3) is 3.99. The van der Waals surface area contributed by atoms with Crippen LogP contribution in [0.25, 0.3) is 0 Å². The molecule has 1 nitrogen and oxygen atoms in total. The number of rotatable bonds is 5. The molecule has 0 aliphatic rings. The molecule has 2 rings (SSSR count). The van der Waals surface area contributed by atoms with Gasteiger partial charge in [-0.25, -0.2) is 0 Å². The average molecular weight is 300 g/mol. The molecule has 0 bridgehead atoms. The Morgan fingerprint density at radius 3 is 2.67 bits per heavy atom. The lowest BCUT2D eigenvalue weighted by atomic mass is 10.1. The summed E-state index contributed by atoms with van der Waals surface area (Å²) in [7, 11) is 0. The van der Waals surface area contributed by atoms with E-state index in [1.807, 2.05) is 19.1 Å². The lowest BCUT2D eigenvalue weighted by Crippen LogP contribution is -2.16. The van der Waals surface area contributed by atoms with Crippen molar-refractivity contribution in [2.24, 2.45) is 0 Å². The monoisotopic (exact) mass is 299 g/mol. The standard InChI is InChI=1S/C14H15Cl2NS/c1-10-2-3-11(13(15)8-10)9-17-7-6-12-4-5-14(16)18-12/h2-5,8,17H,6-7,9H2,1H3. The first kappa shape index (κ1) is 13.9. The van der Waals surface area contributed by atoms with Crippen LogP contribution < -0.4 is 5.32 Å². The molecule has 0 fully saturated rings. The Morgan fingerprint density at radius 1 is 1.17 bits per heavy atom. The van der Waals surface area contributed by atoms with Crippen LogP contribution in [0.1, 0.15) is 16.0 Å². The van der Waals surface area contributed by atoms with Crippen molar-refractivity contribution in [1.82, 2.24) is 5.32 Å². The molecular weight excluding hydrogens is 285 g/mol. The molecule has 0 unspecified atom stereocenters. The minimum absolute atomic E-state index is 0.804. The fraction of sp³-hybridized carbons (Fsp3) is 0.286. The van der Waals surface area contributed by atoms with Gasteiger partial charge in [0.05, 0.1) is 4.34 Å². The van der Waals surface area contributed by atoms with Gasteiger partial charge >= 0.3 is 0 Å². The van der Waals surface area contributed by atoms with E-state index in [2.05, 4.69) is 23.5 Å². The zero-order valence-corrected chi connectivity index (χ0v) is 12.5. The molecular formula is C14H15Cl2NS. The Labute approximate surface area is 122 Å². The summed E-state index contributed by atoms with van der Waals surface area (Å²) in [6.07, 6.45) is 1.00. The highest BCUT2D eigenvalue weighted by molar-refractivity contribution is 7.16. The van der Waals surface area contributed by atoms with Crippen LogP contribution in [0, 0.1) is 6.92 Å². The molecule has 0 saturated carbocycles. The highest BCUT2D eigenvalue weighted by atomic mass is 35.5. The smallest absolute Gasteiger partial charge is 0.0931 e. The van der Waals surface area contributed by atoms with Crippen LogP contribution in [-0.4, -0.2) is 6.54 Å². The number of thiophene rings is 1. The SMILES string of the molecule is Cc1ccc(CNCCc2ccc(Cl)s2)c(Cl)c1. The van der Waals surface area contributed by atoms with Crippen LogP contribution in [0.15, 0.2) is 30.3 Å². The van der Waals surface area contributed by atoms with Gasteiger partial charge in [-0.2, -0.15) is 0 Å².